The van der Waals surface area contributed by atoms with E-state index in [1.165, 1.54) is 17.7 Å². The van der Waals surface area contributed by atoms with Gasteiger partial charge in [0.2, 0.25) is 5.91 Å². The Balaban J connectivity index is 1.62. The van der Waals surface area contributed by atoms with E-state index in [1.54, 1.807) is 24.3 Å². The Hall–Kier alpha value is -3.39. The molecule has 34 heavy (non-hydrogen) atoms. The molecule has 0 aromatic heterocycles. The Labute approximate surface area is 199 Å². The van der Waals surface area contributed by atoms with Gasteiger partial charge in [-0.05, 0) is 85.8 Å². The third-order valence-electron chi connectivity index (χ3n) is 5.83. The minimum atomic E-state index is -4.13. The van der Waals surface area contributed by atoms with Gasteiger partial charge < -0.3 is 10.1 Å². The normalized spacial score (nSPS) is 15.3. The molecule has 0 saturated heterocycles. The highest BCUT2D eigenvalue weighted by molar-refractivity contribution is 7.92. The van der Waals surface area contributed by atoms with Crippen molar-refractivity contribution in [3.05, 3.63) is 89.7 Å². The summed E-state index contributed by atoms with van der Waals surface area (Å²) in [4.78, 5) is 13.0. The average molecular weight is 483 g/mol. The quantitative estimate of drug-likeness (QED) is 0.509. The summed E-state index contributed by atoms with van der Waals surface area (Å²) in [5.74, 6) is -0.366. The van der Waals surface area contributed by atoms with Crippen LogP contribution in [0.1, 0.15) is 36.9 Å². The Kier molecular flexibility index (Phi) is 7.17. The molecule has 4 rings (SSSR count). The third-order valence-corrected chi connectivity index (χ3v) is 7.62. The Morgan fingerprint density at radius 1 is 1.06 bits per heavy atom. The number of ether oxygens (including phenoxy) is 1. The van der Waals surface area contributed by atoms with Gasteiger partial charge in [-0.1, -0.05) is 24.3 Å². The third kappa shape index (κ3) is 5.22. The summed E-state index contributed by atoms with van der Waals surface area (Å²) in [6, 6.07) is 18.9. The lowest BCUT2D eigenvalue weighted by molar-refractivity contribution is -0.120. The molecular weight excluding hydrogens is 455 g/mol. The molecule has 1 N–H and O–H groups in total. The summed E-state index contributed by atoms with van der Waals surface area (Å²) < 4.78 is 46.9. The van der Waals surface area contributed by atoms with E-state index < -0.39 is 28.3 Å². The van der Waals surface area contributed by atoms with Gasteiger partial charge in [0.05, 0.1) is 23.2 Å². The van der Waals surface area contributed by atoms with E-state index in [9.17, 15) is 17.6 Å². The number of fused-ring (bicyclic) bond motifs is 1. The van der Waals surface area contributed by atoms with Crippen LogP contribution >= 0.6 is 0 Å². The summed E-state index contributed by atoms with van der Waals surface area (Å²) in [7, 11) is -4.13. The Bertz CT molecular complexity index is 1240. The van der Waals surface area contributed by atoms with E-state index >= 15 is 0 Å². The molecule has 0 heterocycles. The molecule has 3 aromatic rings. The molecule has 1 atom stereocenters. The van der Waals surface area contributed by atoms with E-state index in [1.807, 2.05) is 25.1 Å². The minimum absolute atomic E-state index is 0.0985. The first kappa shape index (κ1) is 23.8. The molecule has 1 aliphatic rings. The predicted molar refractivity (Wildman–Crippen MR) is 129 cm³/mol. The molecule has 1 aliphatic carbocycles. The van der Waals surface area contributed by atoms with E-state index in [-0.39, 0.29) is 10.9 Å². The maximum absolute atomic E-state index is 13.5. The number of hydrogen-bond donors (Lipinski definition) is 1. The maximum Gasteiger partial charge on any atom is 0.264 e. The van der Waals surface area contributed by atoms with Crippen molar-refractivity contribution >= 4 is 21.6 Å². The van der Waals surface area contributed by atoms with E-state index in [0.29, 0.717) is 18.0 Å². The molecular formula is C26H27FN2O4S. The molecule has 0 fully saturated rings. The van der Waals surface area contributed by atoms with Crippen molar-refractivity contribution in [2.75, 3.05) is 17.5 Å². The largest absolute Gasteiger partial charge is 0.494 e. The summed E-state index contributed by atoms with van der Waals surface area (Å²) in [5.41, 5.74) is 2.57. The number of nitrogens with one attached hydrogen (secondary N) is 1. The fraction of sp³-hybridized carbons (Fsp3) is 0.269. The summed E-state index contributed by atoms with van der Waals surface area (Å²) in [6.07, 6.45) is 2.69. The first-order valence-electron chi connectivity index (χ1n) is 11.3. The van der Waals surface area contributed by atoms with Crippen LogP contribution in [-0.4, -0.2) is 27.5 Å². The zero-order valence-electron chi connectivity index (χ0n) is 18.9. The monoisotopic (exact) mass is 482 g/mol. The van der Waals surface area contributed by atoms with Crippen LogP contribution in [0, 0.1) is 5.82 Å². The average Bonchev–Trinajstić information content (AvgIpc) is 2.84. The van der Waals surface area contributed by atoms with Gasteiger partial charge in [0.1, 0.15) is 18.1 Å². The van der Waals surface area contributed by atoms with Crippen molar-refractivity contribution < 1.29 is 22.3 Å². The van der Waals surface area contributed by atoms with E-state index in [2.05, 4.69) is 11.4 Å². The number of amides is 1. The second kappa shape index (κ2) is 10.3. The van der Waals surface area contributed by atoms with Gasteiger partial charge in [0.25, 0.3) is 10.0 Å². The number of carbonyl (C=O) groups is 1. The number of carbonyl (C=O) groups excluding carboxylic acids is 1. The van der Waals surface area contributed by atoms with Gasteiger partial charge >= 0.3 is 0 Å². The van der Waals surface area contributed by atoms with Gasteiger partial charge in [-0.3, -0.25) is 9.10 Å². The molecule has 0 bridgehead atoms. The summed E-state index contributed by atoms with van der Waals surface area (Å²) in [5, 5.41) is 3.01. The number of halogens is 1. The summed E-state index contributed by atoms with van der Waals surface area (Å²) >= 11 is 0. The Morgan fingerprint density at radius 3 is 2.47 bits per heavy atom. The zero-order chi connectivity index (χ0) is 24.1. The van der Waals surface area contributed by atoms with Crippen molar-refractivity contribution in [1.29, 1.82) is 0 Å². The SMILES string of the molecule is CCOc1ccc(N(CC(=O)N[C@H]2CCCc3ccccc32)S(=O)(=O)c2ccc(F)cc2)cc1. The van der Waals surface area contributed by atoms with Crippen molar-refractivity contribution in [2.24, 2.45) is 0 Å². The van der Waals surface area contributed by atoms with Crippen molar-refractivity contribution in [3.63, 3.8) is 0 Å². The van der Waals surface area contributed by atoms with E-state index in [0.717, 1.165) is 41.3 Å². The van der Waals surface area contributed by atoms with Gasteiger partial charge in [0, 0.05) is 0 Å². The number of sulfonamides is 1. The summed E-state index contributed by atoms with van der Waals surface area (Å²) in [6.45, 7) is 1.92. The van der Waals surface area contributed by atoms with Gasteiger partial charge in [-0.25, -0.2) is 12.8 Å². The Morgan fingerprint density at radius 2 is 1.76 bits per heavy atom. The smallest absolute Gasteiger partial charge is 0.264 e. The van der Waals surface area contributed by atoms with Crippen LogP contribution in [0.5, 0.6) is 5.75 Å². The topological polar surface area (TPSA) is 75.7 Å². The number of aryl methyl sites for hydroxylation is 1. The van der Waals surface area contributed by atoms with Crippen molar-refractivity contribution in [1.82, 2.24) is 5.32 Å². The molecule has 178 valence electrons. The molecule has 6 nitrogen and oxygen atoms in total. The lowest BCUT2D eigenvalue weighted by atomic mass is 9.88. The van der Waals surface area contributed by atoms with Crippen LogP contribution in [-0.2, 0) is 21.2 Å². The van der Waals surface area contributed by atoms with Crippen LogP contribution < -0.4 is 14.4 Å². The van der Waals surface area contributed by atoms with Crippen LogP contribution in [0.3, 0.4) is 0 Å². The van der Waals surface area contributed by atoms with Crippen LogP contribution in [0.4, 0.5) is 10.1 Å². The lowest BCUT2D eigenvalue weighted by Crippen LogP contribution is -2.42. The maximum atomic E-state index is 13.5. The van der Waals surface area contributed by atoms with Gasteiger partial charge in [0.15, 0.2) is 0 Å². The standard InChI is InChI=1S/C26H27FN2O4S/c1-2-33-22-14-12-21(13-15-22)29(34(31,32)23-16-10-20(27)11-17-23)18-26(30)28-25-9-5-7-19-6-3-4-8-24(19)25/h3-4,6,8,10-17,25H,2,5,7,9,18H2,1H3,(H,28,30)/t25-/m0/s1. The number of rotatable bonds is 8. The number of hydrogen-bond acceptors (Lipinski definition) is 4. The number of anilines is 1. The molecule has 3 aromatic carbocycles. The van der Waals surface area contributed by atoms with E-state index in [4.69, 9.17) is 4.74 Å². The first-order valence-corrected chi connectivity index (χ1v) is 12.7. The predicted octanol–water partition coefficient (Wildman–Crippen LogP) is 4.61. The molecule has 1 amide bonds. The van der Waals surface area contributed by atoms with Gasteiger partial charge in [-0.2, -0.15) is 0 Å². The van der Waals surface area contributed by atoms with Crippen LogP contribution in [0.2, 0.25) is 0 Å². The number of benzene rings is 3. The zero-order valence-corrected chi connectivity index (χ0v) is 19.7. The lowest BCUT2D eigenvalue weighted by Gasteiger charge is -2.29. The highest BCUT2D eigenvalue weighted by Gasteiger charge is 2.29. The minimum Gasteiger partial charge on any atom is -0.494 e. The molecule has 0 aliphatic heterocycles. The van der Waals surface area contributed by atoms with Crippen LogP contribution in [0.15, 0.2) is 77.7 Å². The van der Waals surface area contributed by atoms with Crippen molar-refractivity contribution in [2.45, 2.75) is 37.1 Å². The first-order chi connectivity index (χ1) is 16.4. The second-order valence-corrected chi connectivity index (χ2v) is 9.97. The second-order valence-electron chi connectivity index (χ2n) is 8.10. The van der Waals surface area contributed by atoms with Gasteiger partial charge in [-0.15, -0.1) is 0 Å². The fourth-order valence-electron chi connectivity index (χ4n) is 4.20. The molecule has 0 spiro atoms. The molecule has 8 heteroatoms. The number of nitrogens with zero attached hydrogens (tertiary/aromatic N) is 1. The van der Waals surface area contributed by atoms with Crippen molar-refractivity contribution in [3.8, 4) is 5.75 Å². The highest BCUT2D eigenvalue weighted by Crippen LogP contribution is 2.30. The van der Waals surface area contributed by atoms with Crippen LogP contribution in [0.25, 0.3) is 0 Å². The molecule has 0 unspecified atom stereocenters. The molecule has 0 saturated carbocycles. The fourth-order valence-corrected chi connectivity index (χ4v) is 5.62. The molecule has 0 radical (unpaired) electrons. The highest BCUT2D eigenvalue weighted by atomic mass is 32.2.